The van der Waals surface area contributed by atoms with Crippen molar-refractivity contribution >= 4 is 0 Å². The number of nitroso groups, excluding NO2 is 1. The lowest BCUT2D eigenvalue weighted by Gasteiger charge is -2.47. The van der Waals surface area contributed by atoms with Crippen molar-refractivity contribution in [2.45, 2.75) is 70.4 Å². The van der Waals surface area contributed by atoms with Gasteiger partial charge in [0.05, 0.1) is 12.7 Å². The minimum absolute atomic E-state index is 0.00452. The largest absolute Gasteiger partial charge is 0.504 e. The zero-order valence-electron chi connectivity index (χ0n) is 15.6. The third-order valence-corrected chi connectivity index (χ3v) is 7.51. The van der Waals surface area contributed by atoms with E-state index >= 15 is 0 Å². The number of ether oxygens (including phenoxy) is 1. The van der Waals surface area contributed by atoms with Crippen LogP contribution in [-0.4, -0.2) is 22.9 Å². The van der Waals surface area contributed by atoms with Crippen LogP contribution in [0.15, 0.2) is 17.3 Å². The van der Waals surface area contributed by atoms with E-state index in [4.69, 9.17) is 4.74 Å². The fourth-order valence-electron chi connectivity index (χ4n) is 6.15. The molecule has 0 aliphatic heterocycles. The molecule has 4 unspecified atom stereocenters. The molecule has 2 saturated carbocycles. The number of hydrogen-bond acceptors (Lipinski definition) is 5. The van der Waals surface area contributed by atoms with E-state index in [9.17, 15) is 15.1 Å². The Morgan fingerprint density at radius 3 is 2.73 bits per heavy atom. The van der Waals surface area contributed by atoms with Gasteiger partial charge in [-0.1, -0.05) is 12.1 Å². The average molecular weight is 359 g/mol. The van der Waals surface area contributed by atoms with Crippen molar-refractivity contribution in [3.8, 4) is 11.5 Å². The van der Waals surface area contributed by atoms with Crippen LogP contribution in [0.4, 0.5) is 0 Å². The Bertz CT molecular complexity index is 705. The highest BCUT2D eigenvalue weighted by atomic mass is 16.5. The van der Waals surface area contributed by atoms with Crippen molar-refractivity contribution in [2.75, 3.05) is 6.61 Å². The molecule has 0 amide bonds. The number of phenols is 1. The number of aliphatic hydroxyl groups is 1. The van der Waals surface area contributed by atoms with Crippen LogP contribution < -0.4 is 4.74 Å². The van der Waals surface area contributed by atoms with Gasteiger partial charge >= 0.3 is 0 Å². The molecule has 5 heteroatoms. The molecule has 4 rings (SSSR count). The number of nitrogens with zero attached hydrogens (tertiary/aromatic N) is 1. The van der Waals surface area contributed by atoms with E-state index in [0.29, 0.717) is 36.5 Å². The van der Waals surface area contributed by atoms with E-state index in [1.165, 1.54) is 0 Å². The number of aromatic hydroxyl groups is 1. The van der Waals surface area contributed by atoms with Gasteiger partial charge in [-0.2, -0.15) is 4.91 Å². The van der Waals surface area contributed by atoms with Crippen LogP contribution in [-0.2, 0) is 0 Å². The van der Waals surface area contributed by atoms with Gasteiger partial charge in [0.15, 0.2) is 11.5 Å². The van der Waals surface area contributed by atoms with E-state index in [0.717, 1.165) is 43.2 Å². The zero-order valence-corrected chi connectivity index (χ0v) is 15.6. The summed E-state index contributed by atoms with van der Waals surface area (Å²) in [7, 11) is 0. The van der Waals surface area contributed by atoms with Crippen LogP contribution in [0.25, 0.3) is 0 Å². The second-order valence-corrected chi connectivity index (χ2v) is 8.59. The summed E-state index contributed by atoms with van der Waals surface area (Å²) in [6, 6.07) is 3.24. The summed E-state index contributed by atoms with van der Waals surface area (Å²) in [6.45, 7) is 4.63. The van der Waals surface area contributed by atoms with Crippen LogP contribution in [0.5, 0.6) is 11.5 Å². The second-order valence-electron chi connectivity index (χ2n) is 8.59. The van der Waals surface area contributed by atoms with Crippen LogP contribution in [0.2, 0.25) is 0 Å². The fourth-order valence-corrected chi connectivity index (χ4v) is 6.15. The number of hydrogen-bond donors (Lipinski definition) is 2. The summed E-state index contributed by atoms with van der Waals surface area (Å²) in [5.41, 5.74) is 1.99. The topological polar surface area (TPSA) is 79.1 Å². The maximum atomic E-state index is 11.5. The van der Waals surface area contributed by atoms with Crippen LogP contribution in [0.3, 0.4) is 0 Å². The summed E-state index contributed by atoms with van der Waals surface area (Å²) in [4.78, 5) is 11.5. The van der Waals surface area contributed by atoms with Gasteiger partial charge in [-0.05, 0) is 91.9 Å². The average Bonchev–Trinajstić information content (AvgIpc) is 2.84. The molecular weight excluding hydrogens is 330 g/mol. The molecule has 0 heterocycles. The molecule has 3 aliphatic carbocycles. The highest BCUT2D eigenvalue weighted by Crippen LogP contribution is 2.61. The lowest BCUT2D eigenvalue weighted by molar-refractivity contribution is -0.0203. The summed E-state index contributed by atoms with van der Waals surface area (Å²) in [5, 5.41) is 24.3. The van der Waals surface area contributed by atoms with Crippen molar-refractivity contribution < 1.29 is 14.9 Å². The molecule has 1 aromatic rings. The SMILES string of the molecule is CCOc1cc2c(cc1O)C(N=O)CCC1C2CC[C@@]2(C)C1CC[C@@H]2O. The van der Waals surface area contributed by atoms with Gasteiger partial charge in [-0.15, -0.1) is 0 Å². The second kappa shape index (κ2) is 6.52. The first-order chi connectivity index (χ1) is 12.5. The molecule has 0 aromatic heterocycles. The molecule has 3 aliphatic rings. The zero-order chi connectivity index (χ0) is 18.5. The van der Waals surface area contributed by atoms with E-state index in [1.54, 1.807) is 6.07 Å². The van der Waals surface area contributed by atoms with Crippen LogP contribution in [0, 0.1) is 22.2 Å². The number of phenolic OH excluding ortho intramolecular Hbond substituents is 1. The van der Waals surface area contributed by atoms with Crippen molar-refractivity contribution in [3.05, 3.63) is 28.2 Å². The number of fused-ring (bicyclic) bond motifs is 5. The predicted molar refractivity (Wildman–Crippen MR) is 99.3 cm³/mol. The minimum atomic E-state index is -0.408. The third kappa shape index (κ3) is 2.55. The monoisotopic (exact) mass is 359 g/mol. The maximum absolute atomic E-state index is 11.5. The van der Waals surface area contributed by atoms with Gasteiger partial charge in [0.1, 0.15) is 6.04 Å². The van der Waals surface area contributed by atoms with Crippen molar-refractivity contribution in [1.29, 1.82) is 0 Å². The quantitative estimate of drug-likeness (QED) is 0.769. The van der Waals surface area contributed by atoms with Crippen LogP contribution in [0.1, 0.15) is 75.5 Å². The van der Waals surface area contributed by atoms with Gasteiger partial charge in [0.25, 0.3) is 0 Å². The standard InChI is InChI=1S/C21H29NO4/c1-3-26-19-11-14-12-8-9-21(2)16(5-7-20(21)24)13(12)4-6-17(22-25)15(14)10-18(19)23/h10-13,16-17,20,23-24H,3-9H2,1-2H3/t12?,13?,16?,17?,20-,21-/m0/s1. The Hall–Kier alpha value is -1.62. The summed E-state index contributed by atoms with van der Waals surface area (Å²) in [6.07, 6.45) is 5.40. The Labute approximate surface area is 154 Å². The van der Waals surface area contributed by atoms with E-state index in [-0.39, 0.29) is 17.3 Å². The molecular formula is C21H29NO4. The molecule has 142 valence electrons. The molecule has 2 N–H and O–H groups in total. The summed E-state index contributed by atoms with van der Waals surface area (Å²) < 4.78 is 5.62. The molecule has 1 aromatic carbocycles. The first-order valence-electron chi connectivity index (χ1n) is 9.99. The van der Waals surface area contributed by atoms with E-state index in [2.05, 4.69) is 12.1 Å². The highest BCUT2D eigenvalue weighted by Gasteiger charge is 2.54. The maximum Gasteiger partial charge on any atom is 0.161 e. The Kier molecular flexibility index (Phi) is 4.46. The van der Waals surface area contributed by atoms with Crippen molar-refractivity contribution in [3.63, 3.8) is 0 Å². The van der Waals surface area contributed by atoms with Crippen LogP contribution >= 0.6 is 0 Å². The van der Waals surface area contributed by atoms with Gasteiger partial charge in [-0.25, -0.2) is 0 Å². The Balaban J connectivity index is 1.79. The fraction of sp³-hybridized carbons (Fsp3) is 0.714. The molecule has 6 atom stereocenters. The van der Waals surface area contributed by atoms with E-state index < -0.39 is 6.04 Å². The summed E-state index contributed by atoms with van der Waals surface area (Å²) in [5.74, 6) is 1.88. The lowest BCUT2D eigenvalue weighted by Crippen LogP contribution is -2.42. The lowest BCUT2D eigenvalue weighted by atomic mass is 9.58. The smallest absolute Gasteiger partial charge is 0.161 e. The molecule has 26 heavy (non-hydrogen) atoms. The first kappa shape index (κ1) is 17.8. The van der Waals surface area contributed by atoms with Gasteiger partial charge in [0.2, 0.25) is 0 Å². The van der Waals surface area contributed by atoms with Gasteiger partial charge in [-0.3, -0.25) is 0 Å². The number of benzene rings is 1. The Morgan fingerprint density at radius 2 is 2.00 bits per heavy atom. The van der Waals surface area contributed by atoms with Gasteiger partial charge < -0.3 is 14.9 Å². The number of rotatable bonds is 3. The van der Waals surface area contributed by atoms with Gasteiger partial charge in [0, 0.05) is 0 Å². The first-order valence-corrected chi connectivity index (χ1v) is 9.99. The highest BCUT2D eigenvalue weighted by molar-refractivity contribution is 5.50. The predicted octanol–water partition coefficient (Wildman–Crippen LogP) is 4.66. The third-order valence-electron chi connectivity index (χ3n) is 7.51. The van der Waals surface area contributed by atoms with Crippen molar-refractivity contribution in [2.24, 2.45) is 22.4 Å². The van der Waals surface area contributed by atoms with E-state index in [1.807, 2.05) is 13.0 Å². The molecule has 5 nitrogen and oxygen atoms in total. The molecule has 0 spiro atoms. The molecule has 0 saturated heterocycles. The van der Waals surface area contributed by atoms with Crippen molar-refractivity contribution in [1.82, 2.24) is 0 Å². The summed E-state index contributed by atoms with van der Waals surface area (Å²) >= 11 is 0. The number of aliphatic hydroxyl groups excluding tert-OH is 1. The molecule has 0 radical (unpaired) electrons. The minimum Gasteiger partial charge on any atom is -0.504 e. The molecule has 2 fully saturated rings. The Morgan fingerprint density at radius 1 is 1.19 bits per heavy atom. The normalized spacial score (nSPS) is 38.7. The molecule has 0 bridgehead atoms.